The van der Waals surface area contributed by atoms with Gasteiger partial charge >= 0.3 is 0 Å². The average Bonchev–Trinajstić information content (AvgIpc) is 3.12. The number of carbonyl (C=O) groups excluding carboxylic acids is 1. The molecule has 1 amide bonds. The van der Waals surface area contributed by atoms with Crippen molar-refractivity contribution < 1.29 is 19.0 Å². The first-order valence-electron chi connectivity index (χ1n) is 7.36. The monoisotopic (exact) mass is 316 g/mol. The Hall–Kier alpha value is -2.68. The Bertz CT molecular complexity index is 655. The molecule has 1 fully saturated rings. The van der Waals surface area contributed by atoms with Crippen molar-refractivity contribution in [1.82, 2.24) is 4.90 Å². The van der Waals surface area contributed by atoms with Gasteiger partial charge in [-0.2, -0.15) is 5.26 Å². The van der Waals surface area contributed by atoms with E-state index in [4.69, 9.17) is 14.2 Å². The molecule has 6 nitrogen and oxygen atoms in total. The largest absolute Gasteiger partial charge is 0.493 e. The molecule has 1 aliphatic heterocycles. The van der Waals surface area contributed by atoms with Crippen LogP contribution in [0, 0.1) is 11.3 Å². The Morgan fingerprint density at radius 2 is 1.78 bits per heavy atom. The Labute approximate surface area is 135 Å². The zero-order valence-electron chi connectivity index (χ0n) is 13.6. The second kappa shape index (κ2) is 7.54. The van der Waals surface area contributed by atoms with Crippen molar-refractivity contribution in [2.75, 3.05) is 34.4 Å². The molecular weight excluding hydrogens is 296 g/mol. The quantitative estimate of drug-likeness (QED) is 0.615. The third-order valence-corrected chi connectivity index (χ3v) is 3.78. The molecule has 23 heavy (non-hydrogen) atoms. The summed E-state index contributed by atoms with van der Waals surface area (Å²) in [5.74, 6) is 1.12. The average molecular weight is 316 g/mol. The molecule has 1 saturated heterocycles. The number of ether oxygens (including phenoxy) is 3. The lowest BCUT2D eigenvalue weighted by Crippen LogP contribution is -2.28. The van der Waals surface area contributed by atoms with Crippen LogP contribution in [0.15, 0.2) is 17.7 Å². The fourth-order valence-corrected chi connectivity index (χ4v) is 2.63. The van der Waals surface area contributed by atoms with Crippen molar-refractivity contribution in [3.63, 3.8) is 0 Å². The van der Waals surface area contributed by atoms with Gasteiger partial charge in [0.2, 0.25) is 5.75 Å². The number of hydrogen-bond donors (Lipinski definition) is 0. The minimum atomic E-state index is -0.248. The number of rotatable bonds is 5. The van der Waals surface area contributed by atoms with E-state index < -0.39 is 0 Å². The van der Waals surface area contributed by atoms with E-state index in [1.54, 1.807) is 17.0 Å². The van der Waals surface area contributed by atoms with Crippen molar-refractivity contribution in [2.45, 2.75) is 12.8 Å². The summed E-state index contributed by atoms with van der Waals surface area (Å²) in [6.45, 7) is 1.39. The van der Waals surface area contributed by atoms with Crippen LogP contribution >= 0.6 is 0 Å². The summed E-state index contributed by atoms with van der Waals surface area (Å²) in [6.07, 6.45) is 3.48. The van der Waals surface area contributed by atoms with Crippen LogP contribution in [0.5, 0.6) is 17.2 Å². The number of amides is 1. The first-order valence-corrected chi connectivity index (χ1v) is 7.36. The molecule has 2 rings (SSSR count). The smallest absolute Gasteiger partial charge is 0.264 e. The number of methoxy groups -OCH3 is 3. The van der Waals surface area contributed by atoms with Gasteiger partial charge in [0.25, 0.3) is 5.91 Å². The molecule has 6 heteroatoms. The van der Waals surface area contributed by atoms with Crippen LogP contribution in [0.2, 0.25) is 0 Å². The molecule has 1 heterocycles. The number of hydrogen-bond acceptors (Lipinski definition) is 5. The number of likely N-dealkylation sites (tertiary alicyclic amines) is 1. The minimum absolute atomic E-state index is 0.0809. The molecule has 0 atom stereocenters. The van der Waals surface area contributed by atoms with Gasteiger partial charge in [-0.05, 0) is 31.1 Å². The SMILES string of the molecule is COc1ccc(/C=C(\C#N)C(=O)N2CCCC2)c(OC)c1OC. The van der Waals surface area contributed by atoms with Crippen molar-refractivity contribution in [3.8, 4) is 23.3 Å². The van der Waals surface area contributed by atoms with Gasteiger partial charge in [-0.3, -0.25) is 4.79 Å². The third-order valence-electron chi connectivity index (χ3n) is 3.78. The number of nitrogens with zero attached hydrogens (tertiary/aromatic N) is 2. The molecule has 0 aliphatic carbocycles. The van der Waals surface area contributed by atoms with Gasteiger partial charge in [-0.15, -0.1) is 0 Å². The first kappa shape index (κ1) is 16.7. The molecule has 0 N–H and O–H groups in total. The highest BCUT2D eigenvalue weighted by Gasteiger charge is 2.22. The maximum atomic E-state index is 12.4. The first-order chi connectivity index (χ1) is 11.2. The van der Waals surface area contributed by atoms with Crippen LogP contribution in [0.25, 0.3) is 6.08 Å². The second-order valence-corrected chi connectivity index (χ2v) is 5.09. The summed E-state index contributed by atoms with van der Waals surface area (Å²) in [5.41, 5.74) is 0.673. The fourth-order valence-electron chi connectivity index (χ4n) is 2.63. The zero-order valence-corrected chi connectivity index (χ0v) is 13.6. The maximum absolute atomic E-state index is 12.4. The van der Waals surface area contributed by atoms with E-state index in [1.807, 2.05) is 6.07 Å². The van der Waals surface area contributed by atoms with Gasteiger partial charge in [0.05, 0.1) is 21.3 Å². The lowest BCUT2D eigenvalue weighted by molar-refractivity contribution is -0.125. The molecule has 0 aromatic heterocycles. The zero-order chi connectivity index (χ0) is 16.8. The van der Waals surface area contributed by atoms with Crippen molar-refractivity contribution in [3.05, 3.63) is 23.3 Å². The van der Waals surface area contributed by atoms with Crippen LogP contribution in [0.1, 0.15) is 18.4 Å². The lowest BCUT2D eigenvalue weighted by Gasteiger charge is -2.16. The Kier molecular flexibility index (Phi) is 5.47. The summed E-state index contributed by atoms with van der Waals surface area (Å²) < 4.78 is 15.9. The Balaban J connectivity index is 2.43. The number of benzene rings is 1. The third kappa shape index (κ3) is 3.39. The molecule has 122 valence electrons. The van der Waals surface area contributed by atoms with Gasteiger partial charge in [-0.25, -0.2) is 0 Å². The predicted octanol–water partition coefficient (Wildman–Crippen LogP) is 2.24. The highest BCUT2D eigenvalue weighted by atomic mass is 16.5. The van der Waals surface area contributed by atoms with Crippen LogP contribution in [-0.2, 0) is 4.79 Å². The molecular formula is C17H20N2O4. The van der Waals surface area contributed by atoms with Crippen LogP contribution in [0.3, 0.4) is 0 Å². The Morgan fingerprint density at radius 3 is 2.30 bits per heavy atom. The van der Waals surface area contributed by atoms with E-state index in [9.17, 15) is 10.1 Å². The summed E-state index contributed by atoms with van der Waals surface area (Å²) >= 11 is 0. The van der Waals surface area contributed by atoms with Gasteiger partial charge < -0.3 is 19.1 Å². The molecule has 1 aromatic carbocycles. The standard InChI is InChI=1S/C17H20N2O4/c1-21-14-7-6-12(15(22-2)16(14)23-3)10-13(11-18)17(20)19-8-4-5-9-19/h6-7,10H,4-5,8-9H2,1-3H3/b13-10+. The van der Waals surface area contributed by atoms with Crippen molar-refractivity contribution in [2.24, 2.45) is 0 Å². The van der Waals surface area contributed by atoms with E-state index in [-0.39, 0.29) is 11.5 Å². The van der Waals surface area contributed by atoms with E-state index in [0.29, 0.717) is 35.9 Å². The number of nitriles is 1. The molecule has 0 radical (unpaired) electrons. The van der Waals surface area contributed by atoms with Crippen LogP contribution in [-0.4, -0.2) is 45.2 Å². The van der Waals surface area contributed by atoms with E-state index in [1.165, 1.54) is 27.4 Å². The summed E-state index contributed by atoms with van der Waals surface area (Å²) in [5, 5.41) is 9.35. The second-order valence-electron chi connectivity index (χ2n) is 5.09. The molecule has 0 bridgehead atoms. The van der Waals surface area contributed by atoms with E-state index in [0.717, 1.165) is 12.8 Å². The predicted molar refractivity (Wildman–Crippen MR) is 85.5 cm³/mol. The van der Waals surface area contributed by atoms with Gasteiger partial charge in [0.1, 0.15) is 11.6 Å². The van der Waals surface area contributed by atoms with E-state index in [2.05, 4.69) is 0 Å². The fraction of sp³-hybridized carbons (Fsp3) is 0.412. The summed E-state index contributed by atoms with van der Waals surface area (Å²) in [6, 6.07) is 5.43. The topological polar surface area (TPSA) is 71.8 Å². The van der Waals surface area contributed by atoms with Crippen LogP contribution in [0.4, 0.5) is 0 Å². The number of carbonyl (C=O) groups is 1. The van der Waals surface area contributed by atoms with Gasteiger partial charge in [-0.1, -0.05) is 0 Å². The molecule has 0 unspecified atom stereocenters. The van der Waals surface area contributed by atoms with Gasteiger partial charge in [0, 0.05) is 18.7 Å². The van der Waals surface area contributed by atoms with Gasteiger partial charge in [0.15, 0.2) is 11.5 Å². The Morgan fingerprint density at radius 1 is 1.13 bits per heavy atom. The van der Waals surface area contributed by atoms with Crippen molar-refractivity contribution in [1.29, 1.82) is 5.26 Å². The van der Waals surface area contributed by atoms with Crippen LogP contribution < -0.4 is 14.2 Å². The van der Waals surface area contributed by atoms with Crippen molar-refractivity contribution >= 4 is 12.0 Å². The summed E-state index contributed by atoms with van der Waals surface area (Å²) in [4.78, 5) is 14.1. The molecule has 1 aliphatic rings. The lowest BCUT2D eigenvalue weighted by atomic mass is 10.1. The highest BCUT2D eigenvalue weighted by molar-refractivity contribution is 6.02. The minimum Gasteiger partial charge on any atom is -0.493 e. The highest BCUT2D eigenvalue weighted by Crippen LogP contribution is 2.40. The molecule has 1 aromatic rings. The summed E-state index contributed by atoms with van der Waals surface area (Å²) in [7, 11) is 4.54. The molecule has 0 saturated carbocycles. The molecule has 0 spiro atoms. The normalized spacial score (nSPS) is 14.3. The maximum Gasteiger partial charge on any atom is 0.264 e. The van der Waals surface area contributed by atoms with E-state index >= 15 is 0 Å².